The van der Waals surface area contributed by atoms with Crippen molar-refractivity contribution in [3.05, 3.63) is 59.1 Å². The Morgan fingerprint density at radius 2 is 1.89 bits per heavy atom. The van der Waals surface area contributed by atoms with Gasteiger partial charge in [-0.1, -0.05) is 40.2 Å². The van der Waals surface area contributed by atoms with Gasteiger partial charge in [0.15, 0.2) is 6.73 Å². The molecule has 2 N–H and O–H groups in total. The quantitative estimate of drug-likeness (QED) is 0.845. The van der Waals surface area contributed by atoms with Crippen LogP contribution in [0.5, 0.6) is 5.75 Å². The highest BCUT2D eigenvalue weighted by atomic mass is 79.9. The zero-order valence-electron chi connectivity index (χ0n) is 10.1. The first-order chi connectivity index (χ1) is 9.24. The molecule has 0 heterocycles. The maximum absolute atomic E-state index is 11.6. The van der Waals surface area contributed by atoms with Crippen molar-refractivity contribution >= 4 is 27.6 Å². The molecule has 0 bridgehead atoms. The third-order valence-electron chi connectivity index (χ3n) is 2.30. The second-order valence-electron chi connectivity index (χ2n) is 3.74. The first-order valence-electron chi connectivity index (χ1n) is 5.72. The van der Waals surface area contributed by atoms with E-state index in [0.717, 1.165) is 4.47 Å². The molecule has 0 aromatic heterocycles. The van der Waals surface area contributed by atoms with E-state index in [4.69, 9.17) is 4.74 Å². The van der Waals surface area contributed by atoms with E-state index < -0.39 is 0 Å². The van der Waals surface area contributed by atoms with Crippen molar-refractivity contribution in [1.29, 1.82) is 0 Å². The smallest absolute Gasteiger partial charge is 0.321 e. The van der Waals surface area contributed by atoms with Gasteiger partial charge in [-0.05, 0) is 30.3 Å². The molecule has 0 saturated heterocycles. The molecule has 0 radical (unpaired) electrons. The predicted molar refractivity (Wildman–Crippen MR) is 78.2 cm³/mol. The van der Waals surface area contributed by atoms with Crippen molar-refractivity contribution in [3.63, 3.8) is 0 Å². The van der Waals surface area contributed by atoms with E-state index in [0.29, 0.717) is 11.4 Å². The molecule has 0 aliphatic rings. The number of nitrogens with one attached hydrogen (secondary N) is 2. The monoisotopic (exact) mass is 320 g/mol. The Hall–Kier alpha value is -2.01. The van der Waals surface area contributed by atoms with Crippen LogP contribution in [0, 0.1) is 0 Å². The maximum atomic E-state index is 11.6. The molecular weight excluding hydrogens is 308 g/mol. The van der Waals surface area contributed by atoms with E-state index in [2.05, 4.69) is 26.6 Å². The molecular formula is C14H13BrN2O2. The minimum atomic E-state index is -0.311. The van der Waals surface area contributed by atoms with Crippen molar-refractivity contribution in [1.82, 2.24) is 5.32 Å². The first kappa shape index (κ1) is 13.4. The van der Waals surface area contributed by atoms with Gasteiger partial charge in [0.2, 0.25) is 0 Å². The molecule has 2 amide bonds. The Balaban J connectivity index is 1.76. The summed E-state index contributed by atoms with van der Waals surface area (Å²) in [5.74, 6) is 0.713. The number of ether oxygens (including phenoxy) is 1. The lowest BCUT2D eigenvalue weighted by Crippen LogP contribution is -2.31. The number of para-hydroxylation sites is 1. The fourth-order valence-corrected chi connectivity index (χ4v) is 1.84. The lowest BCUT2D eigenvalue weighted by atomic mass is 10.3. The molecule has 0 atom stereocenters. The highest BCUT2D eigenvalue weighted by molar-refractivity contribution is 9.10. The zero-order chi connectivity index (χ0) is 13.5. The molecule has 4 nitrogen and oxygen atoms in total. The number of halogens is 1. The molecule has 0 spiro atoms. The summed E-state index contributed by atoms with van der Waals surface area (Å²) in [6.45, 7) is 0.115. The molecule has 2 aromatic carbocycles. The number of anilines is 1. The predicted octanol–water partition coefficient (Wildman–Crippen LogP) is 3.61. The average Bonchev–Trinajstić information content (AvgIpc) is 2.40. The summed E-state index contributed by atoms with van der Waals surface area (Å²) in [6, 6.07) is 16.4. The van der Waals surface area contributed by atoms with Gasteiger partial charge in [0, 0.05) is 10.2 Å². The van der Waals surface area contributed by atoms with Crippen LogP contribution in [-0.4, -0.2) is 12.8 Å². The van der Waals surface area contributed by atoms with Crippen molar-refractivity contribution in [3.8, 4) is 5.75 Å². The topological polar surface area (TPSA) is 50.4 Å². The van der Waals surface area contributed by atoms with Crippen molar-refractivity contribution in [2.24, 2.45) is 0 Å². The van der Waals surface area contributed by atoms with E-state index >= 15 is 0 Å². The van der Waals surface area contributed by atoms with E-state index in [1.807, 2.05) is 54.6 Å². The fourth-order valence-electron chi connectivity index (χ4n) is 1.44. The summed E-state index contributed by atoms with van der Waals surface area (Å²) in [6.07, 6.45) is 0. The van der Waals surface area contributed by atoms with Crippen LogP contribution in [0.4, 0.5) is 10.5 Å². The van der Waals surface area contributed by atoms with Gasteiger partial charge in [0.25, 0.3) is 0 Å². The molecule has 0 aliphatic heterocycles. The minimum Gasteiger partial charge on any atom is -0.473 e. The number of rotatable bonds is 4. The van der Waals surface area contributed by atoms with Crippen LogP contribution in [0.15, 0.2) is 59.1 Å². The molecule has 98 valence electrons. The molecule has 5 heteroatoms. The van der Waals surface area contributed by atoms with E-state index in [9.17, 15) is 4.79 Å². The van der Waals surface area contributed by atoms with Gasteiger partial charge in [-0.15, -0.1) is 0 Å². The minimum absolute atomic E-state index is 0.115. The Labute approximate surface area is 119 Å². The van der Waals surface area contributed by atoms with Crippen molar-refractivity contribution in [2.45, 2.75) is 0 Å². The standard InChI is InChI=1S/C14H13BrN2O2/c15-11-5-4-6-12(9-11)17-14(18)16-10-19-13-7-2-1-3-8-13/h1-9H,10H2,(H2,16,17,18). The summed E-state index contributed by atoms with van der Waals surface area (Å²) in [4.78, 5) is 11.6. The molecule has 2 rings (SSSR count). The Kier molecular flexibility index (Phi) is 4.80. The normalized spacial score (nSPS) is 9.74. The third-order valence-corrected chi connectivity index (χ3v) is 2.79. The van der Waals surface area contributed by atoms with Crippen LogP contribution in [0.25, 0.3) is 0 Å². The number of carbonyl (C=O) groups excluding carboxylic acids is 1. The van der Waals surface area contributed by atoms with Gasteiger partial charge in [-0.2, -0.15) is 0 Å². The Morgan fingerprint density at radius 3 is 2.63 bits per heavy atom. The molecule has 0 unspecified atom stereocenters. The summed E-state index contributed by atoms with van der Waals surface area (Å²) in [7, 11) is 0. The van der Waals surface area contributed by atoms with Crippen LogP contribution in [-0.2, 0) is 0 Å². The van der Waals surface area contributed by atoms with E-state index in [1.165, 1.54) is 0 Å². The van der Waals surface area contributed by atoms with Gasteiger partial charge in [0.05, 0.1) is 0 Å². The second kappa shape index (κ2) is 6.80. The fraction of sp³-hybridized carbons (Fsp3) is 0.0714. The maximum Gasteiger partial charge on any atom is 0.321 e. The molecule has 0 saturated carbocycles. The van der Waals surface area contributed by atoms with Gasteiger partial charge in [-0.3, -0.25) is 0 Å². The number of hydrogen-bond donors (Lipinski definition) is 2. The number of benzene rings is 2. The van der Waals surface area contributed by atoms with Crippen LogP contribution in [0.2, 0.25) is 0 Å². The molecule has 0 fully saturated rings. The van der Waals surface area contributed by atoms with Gasteiger partial charge < -0.3 is 15.4 Å². The lowest BCUT2D eigenvalue weighted by molar-refractivity contribution is 0.234. The molecule has 0 aliphatic carbocycles. The summed E-state index contributed by atoms with van der Waals surface area (Å²) in [5, 5.41) is 5.32. The van der Waals surface area contributed by atoms with Crippen molar-refractivity contribution < 1.29 is 9.53 Å². The van der Waals surface area contributed by atoms with Crippen LogP contribution >= 0.6 is 15.9 Å². The Morgan fingerprint density at radius 1 is 1.11 bits per heavy atom. The average molecular weight is 321 g/mol. The molecule has 19 heavy (non-hydrogen) atoms. The van der Waals surface area contributed by atoms with Gasteiger partial charge in [0.1, 0.15) is 5.75 Å². The highest BCUT2D eigenvalue weighted by Crippen LogP contribution is 2.15. The zero-order valence-corrected chi connectivity index (χ0v) is 11.7. The number of carbonyl (C=O) groups is 1. The van der Waals surface area contributed by atoms with Crippen LogP contribution in [0.3, 0.4) is 0 Å². The number of urea groups is 1. The van der Waals surface area contributed by atoms with Crippen LogP contribution < -0.4 is 15.4 Å². The highest BCUT2D eigenvalue weighted by Gasteiger charge is 2.01. The largest absolute Gasteiger partial charge is 0.473 e. The van der Waals surface area contributed by atoms with Gasteiger partial charge >= 0.3 is 6.03 Å². The first-order valence-corrected chi connectivity index (χ1v) is 6.51. The number of hydrogen-bond acceptors (Lipinski definition) is 2. The van der Waals surface area contributed by atoms with E-state index in [-0.39, 0.29) is 12.8 Å². The third kappa shape index (κ3) is 4.63. The second-order valence-corrected chi connectivity index (χ2v) is 4.66. The SMILES string of the molecule is O=C(NCOc1ccccc1)Nc1cccc(Br)c1. The van der Waals surface area contributed by atoms with E-state index in [1.54, 1.807) is 0 Å². The van der Waals surface area contributed by atoms with Crippen molar-refractivity contribution in [2.75, 3.05) is 12.0 Å². The number of amides is 2. The Bertz CT molecular complexity index is 546. The lowest BCUT2D eigenvalue weighted by Gasteiger charge is -2.09. The van der Waals surface area contributed by atoms with Crippen LogP contribution in [0.1, 0.15) is 0 Å². The summed E-state index contributed by atoms with van der Waals surface area (Å²) in [5.41, 5.74) is 0.714. The summed E-state index contributed by atoms with van der Waals surface area (Å²) >= 11 is 3.34. The van der Waals surface area contributed by atoms with Gasteiger partial charge in [-0.25, -0.2) is 4.79 Å². The molecule has 2 aromatic rings. The summed E-state index contributed by atoms with van der Waals surface area (Å²) < 4.78 is 6.27.